The van der Waals surface area contributed by atoms with Crippen molar-refractivity contribution in [3.05, 3.63) is 18.2 Å². The Hall–Kier alpha value is -0.830. The van der Waals surface area contributed by atoms with Gasteiger partial charge in [-0.25, -0.2) is 4.98 Å². The molecule has 0 aliphatic heterocycles. The van der Waals surface area contributed by atoms with Crippen molar-refractivity contribution in [3.63, 3.8) is 0 Å². The van der Waals surface area contributed by atoms with E-state index in [9.17, 15) is 0 Å². The Morgan fingerprint density at radius 2 is 2.06 bits per heavy atom. The normalized spacial score (nSPS) is 11.6. The topological polar surface area (TPSA) is 29.9 Å². The average molecular weight is 223 g/mol. The van der Waals surface area contributed by atoms with Crippen LogP contribution >= 0.6 is 0 Å². The van der Waals surface area contributed by atoms with Gasteiger partial charge in [0.15, 0.2) is 0 Å². The van der Waals surface area contributed by atoms with Crippen molar-refractivity contribution in [1.82, 2.24) is 14.9 Å². The van der Waals surface area contributed by atoms with Crippen molar-refractivity contribution in [2.45, 2.75) is 59.7 Å². The first-order valence-corrected chi connectivity index (χ1v) is 6.32. The first kappa shape index (κ1) is 13.2. The summed E-state index contributed by atoms with van der Waals surface area (Å²) in [5.74, 6) is 0.797. The highest BCUT2D eigenvalue weighted by Gasteiger charge is 2.00. The molecule has 0 bridgehead atoms. The molecule has 0 fully saturated rings. The maximum atomic E-state index is 4.39. The number of hydrogen-bond acceptors (Lipinski definition) is 2. The number of nitrogens with zero attached hydrogens (tertiary/aromatic N) is 2. The molecule has 0 aliphatic carbocycles. The van der Waals surface area contributed by atoms with Crippen molar-refractivity contribution in [2.75, 3.05) is 0 Å². The van der Waals surface area contributed by atoms with E-state index in [4.69, 9.17) is 0 Å². The summed E-state index contributed by atoms with van der Waals surface area (Å²) in [6.07, 6.45) is 6.62. The maximum absolute atomic E-state index is 4.39. The molecular weight excluding hydrogens is 198 g/mol. The number of aromatic nitrogens is 2. The van der Waals surface area contributed by atoms with Crippen LogP contribution in [0.15, 0.2) is 12.5 Å². The summed E-state index contributed by atoms with van der Waals surface area (Å²) in [5.41, 5.74) is 1.14. The second-order valence-corrected chi connectivity index (χ2v) is 5.17. The van der Waals surface area contributed by atoms with Gasteiger partial charge in [-0.05, 0) is 18.8 Å². The lowest BCUT2D eigenvalue weighted by Gasteiger charge is -2.05. The van der Waals surface area contributed by atoms with E-state index < -0.39 is 0 Å². The Kier molecular flexibility index (Phi) is 5.53. The van der Waals surface area contributed by atoms with Crippen LogP contribution in [-0.4, -0.2) is 15.6 Å². The molecule has 3 nitrogen and oxygen atoms in total. The van der Waals surface area contributed by atoms with E-state index in [-0.39, 0.29) is 0 Å². The average Bonchev–Trinajstić information content (AvgIpc) is 2.62. The van der Waals surface area contributed by atoms with E-state index in [0.717, 1.165) is 24.7 Å². The molecule has 1 aromatic heterocycles. The molecule has 0 radical (unpaired) electrons. The zero-order valence-electron chi connectivity index (χ0n) is 11.0. The van der Waals surface area contributed by atoms with Gasteiger partial charge in [0.25, 0.3) is 0 Å². The van der Waals surface area contributed by atoms with Crippen molar-refractivity contribution in [1.29, 1.82) is 0 Å². The Balaban J connectivity index is 2.28. The largest absolute Gasteiger partial charge is 0.337 e. The summed E-state index contributed by atoms with van der Waals surface area (Å²) in [6.45, 7) is 10.8. The van der Waals surface area contributed by atoms with Gasteiger partial charge in [-0.1, -0.05) is 27.7 Å². The highest BCUT2D eigenvalue weighted by Crippen LogP contribution is 2.06. The standard InChI is InChI=1S/C13H25N3/c1-11(2)6-5-7-16-9-13(15-10-16)8-14-12(3)4/h9-12,14H,5-8H2,1-4H3. The first-order chi connectivity index (χ1) is 7.58. The van der Waals surface area contributed by atoms with Crippen LogP contribution in [0.3, 0.4) is 0 Å². The van der Waals surface area contributed by atoms with Gasteiger partial charge in [-0.15, -0.1) is 0 Å². The lowest BCUT2D eigenvalue weighted by molar-refractivity contribution is 0.511. The third kappa shape index (κ3) is 5.31. The summed E-state index contributed by atoms with van der Waals surface area (Å²) in [4.78, 5) is 4.39. The summed E-state index contributed by atoms with van der Waals surface area (Å²) >= 11 is 0. The van der Waals surface area contributed by atoms with Crippen LogP contribution in [0.5, 0.6) is 0 Å². The molecule has 0 amide bonds. The predicted molar refractivity (Wildman–Crippen MR) is 68.3 cm³/mol. The summed E-state index contributed by atoms with van der Waals surface area (Å²) in [5, 5.41) is 3.37. The van der Waals surface area contributed by atoms with Gasteiger partial charge in [-0.2, -0.15) is 0 Å². The zero-order valence-corrected chi connectivity index (χ0v) is 11.0. The van der Waals surface area contributed by atoms with Gasteiger partial charge in [0, 0.05) is 25.3 Å². The molecule has 16 heavy (non-hydrogen) atoms. The Morgan fingerprint density at radius 3 is 2.69 bits per heavy atom. The van der Waals surface area contributed by atoms with Crippen LogP contribution < -0.4 is 5.32 Å². The van der Waals surface area contributed by atoms with E-state index in [1.165, 1.54) is 12.8 Å². The van der Waals surface area contributed by atoms with Crippen molar-refractivity contribution >= 4 is 0 Å². The van der Waals surface area contributed by atoms with Crippen LogP contribution in [0, 0.1) is 5.92 Å². The smallest absolute Gasteiger partial charge is 0.0949 e. The molecule has 1 heterocycles. The number of nitrogens with one attached hydrogen (secondary N) is 1. The minimum Gasteiger partial charge on any atom is -0.337 e. The number of rotatable bonds is 7. The number of imidazole rings is 1. The third-order valence-electron chi connectivity index (χ3n) is 2.58. The van der Waals surface area contributed by atoms with Crippen molar-refractivity contribution < 1.29 is 0 Å². The van der Waals surface area contributed by atoms with Gasteiger partial charge in [-0.3, -0.25) is 0 Å². The van der Waals surface area contributed by atoms with Gasteiger partial charge < -0.3 is 9.88 Å². The van der Waals surface area contributed by atoms with E-state index >= 15 is 0 Å². The second-order valence-electron chi connectivity index (χ2n) is 5.17. The number of hydrogen-bond donors (Lipinski definition) is 1. The first-order valence-electron chi connectivity index (χ1n) is 6.32. The molecule has 0 saturated heterocycles. The molecule has 3 heteroatoms. The van der Waals surface area contributed by atoms with Crippen LogP contribution in [0.25, 0.3) is 0 Å². The molecule has 0 aliphatic rings. The summed E-state index contributed by atoms with van der Waals surface area (Å²) in [7, 11) is 0. The van der Waals surface area contributed by atoms with Crippen molar-refractivity contribution in [2.24, 2.45) is 5.92 Å². The van der Waals surface area contributed by atoms with Crippen LogP contribution in [0.1, 0.15) is 46.2 Å². The van der Waals surface area contributed by atoms with E-state index in [1.807, 2.05) is 6.33 Å². The van der Waals surface area contributed by atoms with Crippen molar-refractivity contribution in [3.8, 4) is 0 Å². The molecule has 0 atom stereocenters. The van der Waals surface area contributed by atoms with Crippen LogP contribution in [0.2, 0.25) is 0 Å². The fraction of sp³-hybridized carbons (Fsp3) is 0.769. The monoisotopic (exact) mass is 223 g/mol. The minimum absolute atomic E-state index is 0.520. The highest BCUT2D eigenvalue weighted by molar-refractivity contribution is 4.96. The van der Waals surface area contributed by atoms with Gasteiger partial charge in [0.1, 0.15) is 0 Å². The van der Waals surface area contributed by atoms with E-state index in [1.54, 1.807) is 0 Å². The number of aryl methyl sites for hydroxylation is 1. The van der Waals surface area contributed by atoms with E-state index in [0.29, 0.717) is 6.04 Å². The molecule has 1 N–H and O–H groups in total. The van der Waals surface area contributed by atoms with Gasteiger partial charge >= 0.3 is 0 Å². The Morgan fingerprint density at radius 1 is 1.31 bits per heavy atom. The third-order valence-corrected chi connectivity index (χ3v) is 2.58. The van der Waals surface area contributed by atoms with E-state index in [2.05, 4.69) is 48.8 Å². The van der Waals surface area contributed by atoms with Crippen LogP contribution in [0.4, 0.5) is 0 Å². The van der Waals surface area contributed by atoms with Gasteiger partial charge in [0.2, 0.25) is 0 Å². The summed E-state index contributed by atoms with van der Waals surface area (Å²) < 4.78 is 2.19. The highest BCUT2D eigenvalue weighted by atomic mass is 15.0. The molecule has 92 valence electrons. The fourth-order valence-electron chi connectivity index (χ4n) is 1.61. The predicted octanol–water partition coefficient (Wildman–Crippen LogP) is 2.82. The molecular formula is C13H25N3. The fourth-order valence-corrected chi connectivity index (χ4v) is 1.61. The Labute approximate surface area is 99.3 Å². The molecule has 1 rings (SSSR count). The zero-order chi connectivity index (χ0) is 12.0. The quantitative estimate of drug-likeness (QED) is 0.770. The summed E-state index contributed by atoms with van der Waals surface area (Å²) in [6, 6.07) is 0.520. The van der Waals surface area contributed by atoms with Gasteiger partial charge in [0.05, 0.1) is 12.0 Å². The van der Waals surface area contributed by atoms with Crippen LogP contribution in [-0.2, 0) is 13.1 Å². The molecule has 0 spiro atoms. The maximum Gasteiger partial charge on any atom is 0.0949 e. The lowest BCUT2D eigenvalue weighted by atomic mass is 10.1. The Bertz CT molecular complexity index is 289. The SMILES string of the molecule is CC(C)CCCn1cnc(CNC(C)C)c1. The molecule has 0 unspecified atom stereocenters. The lowest BCUT2D eigenvalue weighted by Crippen LogP contribution is -2.21. The molecule has 0 saturated carbocycles. The minimum atomic E-state index is 0.520. The second kappa shape index (κ2) is 6.69. The molecule has 0 aromatic carbocycles. The molecule has 1 aromatic rings.